The first-order chi connectivity index (χ1) is 5.58. The van der Waals surface area contributed by atoms with Crippen molar-refractivity contribution in [2.45, 2.75) is 32.5 Å². The van der Waals surface area contributed by atoms with E-state index < -0.39 is 17.7 Å². The Bertz CT molecular complexity index is 228. The normalized spacial score (nSPS) is 12.5. The molecule has 0 heterocycles. The first-order valence-corrected chi connectivity index (χ1v) is 3.53. The molecular weight excluding hydrogens is 185 g/mol. The zero-order valence-corrected chi connectivity index (χ0v) is 7.66. The summed E-state index contributed by atoms with van der Waals surface area (Å²) in [7, 11) is 0. The quantitative estimate of drug-likeness (QED) is 0.501. The van der Waals surface area contributed by atoms with Gasteiger partial charge in [-0.05, 0) is 20.8 Å². The van der Waals surface area contributed by atoms with Gasteiger partial charge in [-0.15, -0.1) is 0 Å². The Hall–Kier alpha value is -1.00. The van der Waals surface area contributed by atoms with Crippen LogP contribution in [0, 0.1) is 0 Å². The minimum absolute atomic E-state index is 0.0580. The molecular formula is C8H11F3O2. The number of hydrogen-bond acceptors (Lipinski definition) is 2. The summed E-state index contributed by atoms with van der Waals surface area (Å²) in [5, 5.41) is 0. The van der Waals surface area contributed by atoms with Crippen molar-refractivity contribution >= 4 is 5.97 Å². The topological polar surface area (TPSA) is 26.3 Å². The Labute approximate surface area is 74.4 Å². The van der Waals surface area contributed by atoms with Crippen LogP contribution in [-0.2, 0) is 9.53 Å². The van der Waals surface area contributed by atoms with E-state index in [2.05, 4.69) is 11.3 Å². The molecule has 0 rings (SSSR count). The standard InChI is InChI=1S/C8H11F3O2/c1-5(2)6(12)13-7(3,4)8(9,10)11/h1H2,2-4H3. The molecule has 0 fully saturated rings. The van der Waals surface area contributed by atoms with Gasteiger partial charge in [0, 0.05) is 5.57 Å². The highest BCUT2D eigenvalue weighted by Gasteiger charge is 2.50. The largest absolute Gasteiger partial charge is 0.447 e. The lowest BCUT2D eigenvalue weighted by Crippen LogP contribution is -2.43. The molecule has 76 valence electrons. The maximum atomic E-state index is 12.2. The second kappa shape index (κ2) is 3.40. The second-order valence-electron chi connectivity index (χ2n) is 3.18. The van der Waals surface area contributed by atoms with E-state index in [9.17, 15) is 18.0 Å². The average Bonchev–Trinajstić information content (AvgIpc) is 1.83. The van der Waals surface area contributed by atoms with E-state index in [0.29, 0.717) is 0 Å². The molecule has 0 spiro atoms. The minimum Gasteiger partial charge on any atom is -0.447 e. The van der Waals surface area contributed by atoms with Gasteiger partial charge >= 0.3 is 12.1 Å². The molecule has 2 nitrogen and oxygen atoms in total. The van der Waals surface area contributed by atoms with Gasteiger partial charge in [0.25, 0.3) is 0 Å². The van der Waals surface area contributed by atoms with Crippen molar-refractivity contribution in [1.82, 2.24) is 0 Å². The Morgan fingerprint density at radius 2 is 1.69 bits per heavy atom. The van der Waals surface area contributed by atoms with Crippen LogP contribution in [-0.4, -0.2) is 17.7 Å². The number of carbonyl (C=O) groups is 1. The van der Waals surface area contributed by atoms with Crippen LogP contribution in [0.3, 0.4) is 0 Å². The summed E-state index contributed by atoms with van der Waals surface area (Å²) in [4.78, 5) is 10.8. The van der Waals surface area contributed by atoms with Gasteiger partial charge in [0.15, 0.2) is 0 Å². The van der Waals surface area contributed by atoms with Crippen molar-refractivity contribution in [3.8, 4) is 0 Å². The van der Waals surface area contributed by atoms with Crippen LogP contribution >= 0.6 is 0 Å². The Balaban J connectivity index is 4.53. The number of rotatable bonds is 2. The van der Waals surface area contributed by atoms with E-state index in [1.807, 2.05) is 0 Å². The van der Waals surface area contributed by atoms with Crippen LogP contribution in [0.15, 0.2) is 12.2 Å². The zero-order chi connectivity index (χ0) is 10.9. The molecule has 0 aliphatic carbocycles. The average molecular weight is 196 g/mol. The van der Waals surface area contributed by atoms with Crippen molar-refractivity contribution in [2.75, 3.05) is 0 Å². The number of hydrogen-bond donors (Lipinski definition) is 0. The maximum Gasteiger partial charge on any atom is 0.427 e. The molecule has 0 radical (unpaired) electrons. The summed E-state index contributed by atoms with van der Waals surface area (Å²) < 4.78 is 40.7. The smallest absolute Gasteiger partial charge is 0.427 e. The summed E-state index contributed by atoms with van der Waals surface area (Å²) >= 11 is 0. The molecule has 5 heteroatoms. The van der Waals surface area contributed by atoms with Crippen LogP contribution in [0.2, 0.25) is 0 Å². The van der Waals surface area contributed by atoms with Crippen molar-refractivity contribution in [3.05, 3.63) is 12.2 Å². The Kier molecular flexibility index (Phi) is 3.13. The third-order valence-corrected chi connectivity index (χ3v) is 1.38. The minimum atomic E-state index is -4.57. The summed E-state index contributed by atoms with van der Waals surface area (Å²) in [5.41, 5.74) is -2.53. The third-order valence-electron chi connectivity index (χ3n) is 1.38. The van der Waals surface area contributed by atoms with E-state index in [4.69, 9.17) is 0 Å². The number of alkyl halides is 3. The van der Waals surface area contributed by atoms with E-state index in [1.165, 1.54) is 6.92 Å². The first-order valence-electron chi connectivity index (χ1n) is 3.53. The molecule has 0 amide bonds. The van der Waals surface area contributed by atoms with Gasteiger partial charge in [0.05, 0.1) is 0 Å². The number of esters is 1. The van der Waals surface area contributed by atoms with Crippen LogP contribution < -0.4 is 0 Å². The molecule has 0 unspecified atom stereocenters. The van der Waals surface area contributed by atoms with Gasteiger partial charge in [-0.25, -0.2) is 4.79 Å². The van der Waals surface area contributed by atoms with E-state index in [-0.39, 0.29) is 5.57 Å². The van der Waals surface area contributed by atoms with Gasteiger partial charge in [-0.2, -0.15) is 13.2 Å². The van der Waals surface area contributed by atoms with Crippen LogP contribution in [0.1, 0.15) is 20.8 Å². The Morgan fingerprint density at radius 3 is 1.92 bits per heavy atom. The Morgan fingerprint density at radius 1 is 1.31 bits per heavy atom. The van der Waals surface area contributed by atoms with Crippen molar-refractivity contribution in [3.63, 3.8) is 0 Å². The molecule has 0 N–H and O–H groups in total. The summed E-state index contributed by atoms with van der Waals surface area (Å²) in [5.74, 6) is -1.04. The second-order valence-corrected chi connectivity index (χ2v) is 3.18. The van der Waals surface area contributed by atoms with Gasteiger partial charge < -0.3 is 4.74 Å². The van der Waals surface area contributed by atoms with Gasteiger partial charge in [-0.3, -0.25) is 0 Å². The number of carbonyl (C=O) groups excluding carboxylic acids is 1. The van der Waals surface area contributed by atoms with Crippen LogP contribution in [0.4, 0.5) is 13.2 Å². The lowest BCUT2D eigenvalue weighted by molar-refractivity contribution is -0.255. The van der Waals surface area contributed by atoms with Crippen LogP contribution in [0.5, 0.6) is 0 Å². The molecule has 0 atom stereocenters. The molecule has 0 aromatic heterocycles. The van der Waals surface area contributed by atoms with E-state index >= 15 is 0 Å². The highest BCUT2D eigenvalue weighted by atomic mass is 19.4. The van der Waals surface area contributed by atoms with Gasteiger partial charge in [0.1, 0.15) is 0 Å². The van der Waals surface area contributed by atoms with Crippen molar-refractivity contribution in [1.29, 1.82) is 0 Å². The zero-order valence-electron chi connectivity index (χ0n) is 7.66. The van der Waals surface area contributed by atoms with Crippen LogP contribution in [0.25, 0.3) is 0 Å². The van der Waals surface area contributed by atoms with E-state index in [1.54, 1.807) is 0 Å². The molecule has 0 saturated carbocycles. The molecule has 0 aromatic carbocycles. The van der Waals surface area contributed by atoms with Crippen molar-refractivity contribution in [2.24, 2.45) is 0 Å². The maximum absolute atomic E-state index is 12.2. The molecule has 0 saturated heterocycles. The van der Waals surface area contributed by atoms with Crippen molar-refractivity contribution < 1.29 is 22.7 Å². The van der Waals surface area contributed by atoms with Gasteiger partial charge in [0.2, 0.25) is 5.60 Å². The third kappa shape index (κ3) is 3.08. The fourth-order valence-electron chi connectivity index (χ4n) is 0.377. The summed E-state index contributed by atoms with van der Waals surface area (Å²) in [6.07, 6.45) is -4.57. The highest BCUT2D eigenvalue weighted by Crippen LogP contribution is 2.33. The lowest BCUT2D eigenvalue weighted by atomic mass is 10.1. The fraction of sp³-hybridized carbons (Fsp3) is 0.625. The molecule has 0 aliphatic rings. The summed E-state index contributed by atoms with van der Waals surface area (Å²) in [6, 6.07) is 0. The molecule has 0 aromatic rings. The summed E-state index contributed by atoms with van der Waals surface area (Å²) in [6.45, 7) is 6.04. The first kappa shape index (κ1) is 12.0. The lowest BCUT2D eigenvalue weighted by Gasteiger charge is -2.27. The number of ether oxygens (including phenoxy) is 1. The molecule has 13 heavy (non-hydrogen) atoms. The monoisotopic (exact) mass is 196 g/mol. The predicted molar refractivity (Wildman–Crippen MR) is 41.0 cm³/mol. The number of halogens is 3. The van der Waals surface area contributed by atoms with E-state index in [0.717, 1.165) is 13.8 Å². The molecule has 0 aliphatic heterocycles. The fourth-order valence-corrected chi connectivity index (χ4v) is 0.377. The SMILES string of the molecule is C=C(C)C(=O)OC(C)(C)C(F)(F)F. The molecule has 0 bridgehead atoms. The predicted octanol–water partition coefficient (Wildman–Crippen LogP) is 2.45. The highest BCUT2D eigenvalue weighted by molar-refractivity contribution is 5.87. The van der Waals surface area contributed by atoms with Gasteiger partial charge in [-0.1, -0.05) is 6.58 Å².